The number of carbonyl (C=O) groups is 2. The van der Waals surface area contributed by atoms with Gasteiger partial charge in [0.25, 0.3) is 0 Å². The molecule has 0 aromatic carbocycles. The molecule has 14 heavy (non-hydrogen) atoms. The Morgan fingerprint density at radius 2 is 1.64 bits per heavy atom. The molecule has 0 heterocycles. The minimum Gasteiger partial charge on any atom is -0.481 e. The molecule has 0 aromatic rings. The predicted octanol–water partition coefficient (Wildman–Crippen LogP) is 1.39. The van der Waals surface area contributed by atoms with Crippen molar-refractivity contribution in [1.82, 2.24) is 0 Å². The van der Waals surface area contributed by atoms with Gasteiger partial charge >= 0.3 is 5.97 Å². The summed E-state index contributed by atoms with van der Waals surface area (Å²) in [6.45, 7) is 7.00. The van der Waals surface area contributed by atoms with Gasteiger partial charge in [0.15, 0.2) is 0 Å². The molecule has 0 bridgehead atoms. The lowest BCUT2D eigenvalue weighted by molar-refractivity contribution is -0.149. The van der Waals surface area contributed by atoms with Crippen molar-refractivity contribution in [3.8, 4) is 0 Å². The zero-order valence-electron chi connectivity index (χ0n) is 9.26. The van der Waals surface area contributed by atoms with Crippen LogP contribution in [0.3, 0.4) is 0 Å². The first kappa shape index (κ1) is 12.9. The van der Waals surface area contributed by atoms with Gasteiger partial charge in [0.2, 0.25) is 5.91 Å². The largest absolute Gasteiger partial charge is 0.481 e. The first-order chi connectivity index (χ1) is 6.07. The van der Waals surface area contributed by atoms with Crippen molar-refractivity contribution in [3.05, 3.63) is 0 Å². The minimum absolute atomic E-state index is 0.212. The summed E-state index contributed by atoms with van der Waals surface area (Å²) in [5.74, 6) is -1.24. The van der Waals surface area contributed by atoms with E-state index < -0.39 is 17.3 Å². The second-order valence-corrected chi connectivity index (χ2v) is 5.17. The van der Waals surface area contributed by atoms with Crippen LogP contribution in [-0.2, 0) is 9.59 Å². The zero-order chi connectivity index (χ0) is 11.6. The van der Waals surface area contributed by atoms with Gasteiger partial charge in [-0.1, -0.05) is 13.8 Å². The first-order valence-corrected chi connectivity index (χ1v) is 4.58. The molecule has 0 spiro atoms. The van der Waals surface area contributed by atoms with Gasteiger partial charge in [-0.2, -0.15) is 0 Å². The Labute approximate surface area is 84.5 Å². The fourth-order valence-corrected chi connectivity index (χ4v) is 1.81. The Morgan fingerprint density at radius 1 is 1.21 bits per heavy atom. The van der Waals surface area contributed by atoms with Crippen molar-refractivity contribution >= 4 is 11.9 Å². The smallest absolute Gasteiger partial charge is 0.309 e. The molecule has 0 saturated heterocycles. The van der Waals surface area contributed by atoms with Crippen molar-refractivity contribution in [2.75, 3.05) is 0 Å². The minimum atomic E-state index is -0.852. The molecular formula is C10H19NO3. The molecule has 0 fully saturated rings. The second kappa shape index (κ2) is 3.98. The van der Waals surface area contributed by atoms with Gasteiger partial charge in [0, 0.05) is 6.42 Å². The summed E-state index contributed by atoms with van der Waals surface area (Å²) in [7, 11) is 0. The van der Waals surface area contributed by atoms with Crippen LogP contribution in [0.4, 0.5) is 0 Å². The monoisotopic (exact) mass is 201 g/mol. The van der Waals surface area contributed by atoms with Gasteiger partial charge in [-0.3, -0.25) is 9.59 Å². The summed E-state index contributed by atoms with van der Waals surface area (Å²) in [6.07, 6.45) is 0.641. The molecule has 4 nitrogen and oxygen atoms in total. The number of carboxylic acids is 1. The average Bonchev–Trinajstić information content (AvgIpc) is 1.79. The Bertz CT molecular complexity index is 244. The Balaban J connectivity index is 4.49. The highest BCUT2D eigenvalue weighted by atomic mass is 16.4. The molecular weight excluding hydrogens is 182 g/mol. The van der Waals surface area contributed by atoms with Crippen molar-refractivity contribution in [2.45, 2.75) is 40.5 Å². The summed E-state index contributed by atoms with van der Waals surface area (Å²) >= 11 is 0. The van der Waals surface area contributed by atoms with E-state index in [1.165, 1.54) is 0 Å². The Hall–Kier alpha value is -1.06. The second-order valence-electron chi connectivity index (χ2n) is 5.17. The van der Waals surface area contributed by atoms with E-state index in [0.29, 0.717) is 6.42 Å². The van der Waals surface area contributed by atoms with Crippen molar-refractivity contribution in [1.29, 1.82) is 0 Å². The molecule has 0 atom stereocenters. The molecule has 0 aromatic heterocycles. The van der Waals surface area contributed by atoms with Gasteiger partial charge in [0.1, 0.15) is 0 Å². The topological polar surface area (TPSA) is 80.4 Å². The fourth-order valence-electron chi connectivity index (χ4n) is 1.81. The molecule has 0 rings (SSSR count). The molecule has 0 saturated carbocycles. The van der Waals surface area contributed by atoms with Gasteiger partial charge < -0.3 is 10.8 Å². The van der Waals surface area contributed by atoms with Crippen LogP contribution < -0.4 is 5.73 Å². The number of carboxylic acid groups (broad SMARTS) is 1. The van der Waals surface area contributed by atoms with Gasteiger partial charge in [-0.05, 0) is 25.7 Å². The number of hydrogen-bond donors (Lipinski definition) is 2. The van der Waals surface area contributed by atoms with E-state index in [9.17, 15) is 9.59 Å². The van der Waals surface area contributed by atoms with Gasteiger partial charge in [0.05, 0.1) is 5.41 Å². The van der Waals surface area contributed by atoms with E-state index in [1.807, 2.05) is 13.8 Å². The van der Waals surface area contributed by atoms with Crippen LogP contribution in [0.5, 0.6) is 0 Å². The summed E-state index contributed by atoms with van der Waals surface area (Å²) in [4.78, 5) is 21.6. The van der Waals surface area contributed by atoms with Crippen LogP contribution in [0.15, 0.2) is 0 Å². The lowest BCUT2D eigenvalue weighted by Crippen LogP contribution is -2.33. The third kappa shape index (κ3) is 4.25. The SMILES string of the molecule is CC(C)(CC(N)=O)CC(C)(C)C(=O)O. The number of aliphatic carboxylic acids is 1. The van der Waals surface area contributed by atoms with Crippen LogP contribution in [0.25, 0.3) is 0 Å². The van der Waals surface area contributed by atoms with Crippen molar-refractivity contribution < 1.29 is 14.7 Å². The molecule has 1 amide bonds. The van der Waals surface area contributed by atoms with Crippen LogP contribution in [0.1, 0.15) is 40.5 Å². The molecule has 82 valence electrons. The van der Waals surface area contributed by atoms with E-state index in [2.05, 4.69) is 0 Å². The maximum atomic E-state index is 10.9. The molecule has 0 aliphatic heterocycles. The summed E-state index contributed by atoms with van der Waals surface area (Å²) in [5.41, 5.74) is 3.90. The lowest BCUT2D eigenvalue weighted by atomic mass is 9.73. The predicted molar refractivity (Wildman–Crippen MR) is 53.6 cm³/mol. The summed E-state index contributed by atoms with van der Waals surface area (Å²) in [6, 6.07) is 0. The molecule has 0 unspecified atom stereocenters. The first-order valence-electron chi connectivity index (χ1n) is 4.58. The third-order valence-electron chi connectivity index (χ3n) is 2.15. The molecule has 3 N–H and O–H groups in total. The number of rotatable bonds is 5. The van der Waals surface area contributed by atoms with Crippen LogP contribution in [0, 0.1) is 10.8 Å². The molecule has 0 radical (unpaired) electrons. The molecule has 0 aliphatic rings. The molecule has 4 heteroatoms. The van der Waals surface area contributed by atoms with Gasteiger partial charge in [-0.15, -0.1) is 0 Å². The van der Waals surface area contributed by atoms with Crippen molar-refractivity contribution in [3.63, 3.8) is 0 Å². The fraction of sp³-hybridized carbons (Fsp3) is 0.800. The average molecular weight is 201 g/mol. The Morgan fingerprint density at radius 3 is 1.93 bits per heavy atom. The Kier molecular flexibility index (Phi) is 3.68. The van der Waals surface area contributed by atoms with E-state index in [-0.39, 0.29) is 11.8 Å². The van der Waals surface area contributed by atoms with Crippen molar-refractivity contribution in [2.24, 2.45) is 16.6 Å². The highest BCUT2D eigenvalue weighted by molar-refractivity contribution is 5.75. The number of primary amides is 1. The number of hydrogen-bond acceptors (Lipinski definition) is 2. The standard InChI is InChI=1S/C10H19NO3/c1-9(2,5-7(11)12)6-10(3,4)8(13)14/h5-6H2,1-4H3,(H2,11,12)(H,13,14). The maximum Gasteiger partial charge on any atom is 0.309 e. The van der Waals surface area contributed by atoms with Gasteiger partial charge in [-0.25, -0.2) is 0 Å². The van der Waals surface area contributed by atoms with Crippen LogP contribution in [-0.4, -0.2) is 17.0 Å². The number of carbonyl (C=O) groups excluding carboxylic acids is 1. The number of nitrogens with two attached hydrogens (primary N) is 1. The quantitative estimate of drug-likeness (QED) is 0.705. The third-order valence-corrected chi connectivity index (χ3v) is 2.15. The highest BCUT2D eigenvalue weighted by Crippen LogP contribution is 2.36. The maximum absolute atomic E-state index is 10.9. The van der Waals surface area contributed by atoms with E-state index >= 15 is 0 Å². The van der Waals surface area contributed by atoms with E-state index in [4.69, 9.17) is 10.8 Å². The summed E-state index contributed by atoms with van der Waals surface area (Å²) < 4.78 is 0. The zero-order valence-corrected chi connectivity index (χ0v) is 9.26. The molecule has 0 aliphatic carbocycles. The van der Waals surface area contributed by atoms with E-state index in [1.54, 1.807) is 13.8 Å². The highest BCUT2D eigenvalue weighted by Gasteiger charge is 2.35. The van der Waals surface area contributed by atoms with E-state index in [0.717, 1.165) is 0 Å². The van der Waals surface area contributed by atoms with Crippen LogP contribution in [0.2, 0.25) is 0 Å². The number of amides is 1. The summed E-state index contributed by atoms with van der Waals surface area (Å²) in [5, 5.41) is 8.92. The normalized spacial score (nSPS) is 12.6. The lowest BCUT2D eigenvalue weighted by Gasteiger charge is -2.31. The van der Waals surface area contributed by atoms with Crippen LogP contribution >= 0.6 is 0 Å².